The third-order valence-corrected chi connectivity index (χ3v) is 8.09. The number of pyridine rings is 1. The number of hydrogen-bond donors (Lipinski definition) is 0. The van der Waals surface area contributed by atoms with Crippen molar-refractivity contribution in [3.05, 3.63) is 95.8 Å². The van der Waals surface area contributed by atoms with Crippen LogP contribution in [-0.2, 0) is 9.84 Å². The molecule has 0 radical (unpaired) electrons. The topological polar surface area (TPSA) is 70.6 Å². The zero-order chi connectivity index (χ0) is 23.7. The number of carbonyl (C=O) groups excluding carboxylic acids is 1. The van der Waals surface area contributed by atoms with Gasteiger partial charge in [-0.2, -0.15) is 0 Å². The minimum absolute atomic E-state index is 0.0964. The molecular formula is C26H22ClN3O3S. The molecule has 5 rings (SSSR count). The average molecular weight is 492 g/mol. The molecular weight excluding hydrogens is 470 g/mol. The van der Waals surface area contributed by atoms with Crippen molar-refractivity contribution in [3.8, 4) is 0 Å². The molecule has 2 heterocycles. The zero-order valence-electron chi connectivity index (χ0n) is 18.3. The quantitative estimate of drug-likeness (QED) is 0.414. The maximum absolute atomic E-state index is 13.2. The van der Waals surface area contributed by atoms with Crippen LogP contribution in [0.15, 0.2) is 95.0 Å². The first kappa shape index (κ1) is 22.4. The van der Waals surface area contributed by atoms with Gasteiger partial charge in [-0.05, 0) is 71.4 Å². The Morgan fingerprint density at radius 3 is 2.09 bits per heavy atom. The van der Waals surface area contributed by atoms with Crippen molar-refractivity contribution >= 4 is 43.8 Å². The lowest BCUT2D eigenvalue weighted by Crippen LogP contribution is -2.48. The first-order valence-electron chi connectivity index (χ1n) is 10.9. The number of halogens is 1. The van der Waals surface area contributed by atoms with Crippen LogP contribution in [0.1, 0.15) is 10.4 Å². The van der Waals surface area contributed by atoms with Crippen molar-refractivity contribution in [3.63, 3.8) is 0 Å². The van der Waals surface area contributed by atoms with E-state index in [-0.39, 0.29) is 15.7 Å². The molecule has 0 bridgehead atoms. The van der Waals surface area contributed by atoms with Crippen LogP contribution in [0, 0.1) is 0 Å². The van der Waals surface area contributed by atoms with Gasteiger partial charge in [-0.25, -0.2) is 8.42 Å². The molecule has 6 nitrogen and oxygen atoms in total. The summed E-state index contributed by atoms with van der Waals surface area (Å²) in [5, 5.41) is 2.27. The summed E-state index contributed by atoms with van der Waals surface area (Å²) in [5.41, 5.74) is 1.57. The Morgan fingerprint density at radius 1 is 0.765 bits per heavy atom. The number of hydrogen-bond acceptors (Lipinski definition) is 5. The normalized spacial score (nSPS) is 14.4. The van der Waals surface area contributed by atoms with Crippen molar-refractivity contribution in [2.45, 2.75) is 9.79 Å². The summed E-state index contributed by atoms with van der Waals surface area (Å²) in [6.45, 7) is 2.66. The van der Waals surface area contributed by atoms with Gasteiger partial charge in [0.2, 0.25) is 9.84 Å². The molecule has 0 spiro atoms. The maximum Gasteiger partial charge on any atom is 0.253 e. The van der Waals surface area contributed by atoms with Gasteiger partial charge >= 0.3 is 0 Å². The van der Waals surface area contributed by atoms with Gasteiger partial charge in [0.15, 0.2) is 0 Å². The highest BCUT2D eigenvalue weighted by molar-refractivity contribution is 7.91. The minimum atomic E-state index is -3.72. The molecule has 0 atom stereocenters. The summed E-state index contributed by atoms with van der Waals surface area (Å²) < 4.78 is 26.3. The number of benzene rings is 3. The molecule has 172 valence electrons. The van der Waals surface area contributed by atoms with Crippen molar-refractivity contribution < 1.29 is 13.2 Å². The molecule has 0 N–H and O–H groups in total. The lowest BCUT2D eigenvalue weighted by atomic mass is 10.1. The van der Waals surface area contributed by atoms with E-state index in [2.05, 4.69) is 9.88 Å². The number of piperazine rings is 1. The second-order valence-corrected chi connectivity index (χ2v) is 10.6. The molecule has 1 aliphatic rings. The van der Waals surface area contributed by atoms with Crippen LogP contribution in [0.2, 0.25) is 5.02 Å². The fourth-order valence-corrected chi connectivity index (χ4v) is 5.66. The molecule has 1 aromatic heterocycles. The molecule has 0 unspecified atom stereocenters. The summed E-state index contributed by atoms with van der Waals surface area (Å²) in [6.07, 6.45) is 3.52. The van der Waals surface area contributed by atoms with Crippen LogP contribution in [0.4, 0.5) is 5.69 Å². The fraction of sp³-hybridized carbons (Fsp3) is 0.154. The van der Waals surface area contributed by atoms with Crippen molar-refractivity contribution in [2.75, 3.05) is 31.1 Å². The van der Waals surface area contributed by atoms with E-state index in [0.29, 0.717) is 23.7 Å². The Bertz CT molecular complexity index is 1450. The Balaban J connectivity index is 1.30. The number of carbonyl (C=O) groups is 1. The molecule has 1 aliphatic heterocycles. The van der Waals surface area contributed by atoms with Gasteiger partial charge in [-0.3, -0.25) is 9.78 Å². The standard InChI is InChI=1S/C26H22ClN3O3S/c27-22-5-1-21-18-25(8-4-20(21)17-22)34(32,33)24-6-2-19(3-7-24)26(31)30-15-13-29(14-16-30)23-9-11-28-12-10-23/h1-12,17-18H,13-16H2. The van der Waals surface area contributed by atoms with Crippen LogP contribution < -0.4 is 4.90 Å². The van der Waals surface area contributed by atoms with E-state index in [1.807, 2.05) is 12.1 Å². The summed E-state index contributed by atoms with van der Waals surface area (Å²) in [4.78, 5) is 21.4. The average Bonchev–Trinajstić information content (AvgIpc) is 2.88. The molecule has 4 aromatic rings. The van der Waals surface area contributed by atoms with E-state index in [1.165, 1.54) is 12.1 Å². The third kappa shape index (κ3) is 4.36. The Hall–Kier alpha value is -3.42. The van der Waals surface area contributed by atoms with Crippen LogP contribution in [-0.4, -0.2) is 50.4 Å². The number of nitrogens with zero attached hydrogens (tertiary/aromatic N) is 3. The van der Waals surface area contributed by atoms with Gasteiger partial charge in [-0.15, -0.1) is 0 Å². The van der Waals surface area contributed by atoms with Gasteiger partial charge in [0, 0.05) is 54.8 Å². The highest BCUT2D eigenvalue weighted by atomic mass is 35.5. The molecule has 34 heavy (non-hydrogen) atoms. The van der Waals surface area contributed by atoms with Crippen LogP contribution in [0.3, 0.4) is 0 Å². The number of aromatic nitrogens is 1. The summed E-state index contributed by atoms with van der Waals surface area (Å²) in [7, 11) is -3.72. The van der Waals surface area contributed by atoms with E-state index < -0.39 is 9.84 Å². The highest BCUT2D eigenvalue weighted by Crippen LogP contribution is 2.27. The second-order valence-electron chi connectivity index (χ2n) is 8.17. The summed E-state index contributed by atoms with van der Waals surface area (Å²) in [5.74, 6) is -0.0964. The van der Waals surface area contributed by atoms with Crippen LogP contribution in [0.25, 0.3) is 10.8 Å². The van der Waals surface area contributed by atoms with Crippen LogP contribution >= 0.6 is 11.6 Å². The van der Waals surface area contributed by atoms with Crippen LogP contribution in [0.5, 0.6) is 0 Å². The maximum atomic E-state index is 13.2. The molecule has 0 aliphatic carbocycles. The highest BCUT2D eigenvalue weighted by Gasteiger charge is 2.24. The monoisotopic (exact) mass is 491 g/mol. The molecule has 3 aromatic carbocycles. The predicted octanol–water partition coefficient (Wildman–Crippen LogP) is 4.68. The Labute approximate surface area is 203 Å². The third-order valence-electron chi connectivity index (χ3n) is 6.09. The van der Waals surface area contributed by atoms with Gasteiger partial charge in [0.1, 0.15) is 0 Å². The number of anilines is 1. The van der Waals surface area contributed by atoms with Gasteiger partial charge in [0.25, 0.3) is 5.91 Å². The first-order chi connectivity index (χ1) is 16.4. The van der Waals surface area contributed by atoms with E-state index in [9.17, 15) is 13.2 Å². The number of sulfone groups is 1. The SMILES string of the molecule is O=C(c1ccc(S(=O)(=O)c2ccc3cc(Cl)ccc3c2)cc1)N1CCN(c2ccncc2)CC1. The van der Waals surface area contributed by atoms with Crippen molar-refractivity contribution in [2.24, 2.45) is 0 Å². The summed E-state index contributed by atoms with van der Waals surface area (Å²) in [6, 6.07) is 20.4. The molecule has 8 heteroatoms. The van der Waals surface area contributed by atoms with Gasteiger partial charge in [-0.1, -0.05) is 23.7 Å². The van der Waals surface area contributed by atoms with E-state index in [4.69, 9.17) is 11.6 Å². The Kier molecular flexibility index (Phi) is 5.98. The van der Waals surface area contributed by atoms with Crippen molar-refractivity contribution in [1.29, 1.82) is 0 Å². The van der Waals surface area contributed by atoms with E-state index in [1.54, 1.807) is 65.8 Å². The lowest BCUT2D eigenvalue weighted by molar-refractivity contribution is 0.0746. The molecule has 1 saturated heterocycles. The largest absolute Gasteiger partial charge is 0.368 e. The molecule has 1 fully saturated rings. The minimum Gasteiger partial charge on any atom is -0.368 e. The van der Waals surface area contributed by atoms with E-state index in [0.717, 1.165) is 29.5 Å². The van der Waals surface area contributed by atoms with Gasteiger partial charge < -0.3 is 9.80 Å². The summed E-state index contributed by atoms with van der Waals surface area (Å²) >= 11 is 6.02. The number of rotatable bonds is 4. The lowest BCUT2D eigenvalue weighted by Gasteiger charge is -2.36. The van der Waals surface area contributed by atoms with E-state index >= 15 is 0 Å². The first-order valence-corrected chi connectivity index (χ1v) is 12.8. The zero-order valence-corrected chi connectivity index (χ0v) is 19.8. The second kappa shape index (κ2) is 9.08. The molecule has 1 amide bonds. The Morgan fingerprint density at radius 2 is 1.38 bits per heavy atom. The molecule has 0 saturated carbocycles. The predicted molar refractivity (Wildman–Crippen MR) is 133 cm³/mol. The number of amides is 1. The van der Waals surface area contributed by atoms with Crippen molar-refractivity contribution in [1.82, 2.24) is 9.88 Å². The number of fused-ring (bicyclic) bond motifs is 1. The fourth-order valence-electron chi connectivity index (χ4n) is 4.18. The van der Waals surface area contributed by atoms with Gasteiger partial charge in [0.05, 0.1) is 9.79 Å². The smallest absolute Gasteiger partial charge is 0.253 e.